The lowest BCUT2D eigenvalue weighted by atomic mass is 9.79. The predicted octanol–water partition coefficient (Wildman–Crippen LogP) is 4.66. The van der Waals surface area contributed by atoms with Gasteiger partial charge >= 0.3 is 0 Å². The number of hydrogen-bond donors (Lipinski definition) is 2. The number of nitrogens with zero attached hydrogens (tertiary/aromatic N) is 3. The topological polar surface area (TPSA) is 62.3 Å². The van der Waals surface area contributed by atoms with Gasteiger partial charge < -0.3 is 20.3 Å². The van der Waals surface area contributed by atoms with Crippen LogP contribution in [0.3, 0.4) is 0 Å². The summed E-state index contributed by atoms with van der Waals surface area (Å²) in [4.78, 5) is 11.4. The largest absolute Gasteiger partial charge is 0.481 e. The Labute approximate surface area is 195 Å². The van der Waals surface area contributed by atoms with Crippen LogP contribution in [0.25, 0.3) is 0 Å². The SMILES string of the molecule is COc1cc(N2CCC[C@@H](C)C2)nc(NC(=S)NCC2(c3ccc(F)cc3)CCCC2)n1. The molecule has 2 N–H and O–H groups in total. The average molecular weight is 458 g/mol. The van der Waals surface area contributed by atoms with Crippen LogP contribution in [0.2, 0.25) is 0 Å². The minimum absolute atomic E-state index is 0.0379. The molecule has 6 nitrogen and oxygen atoms in total. The van der Waals surface area contributed by atoms with Crippen molar-refractivity contribution in [2.24, 2.45) is 5.92 Å². The molecule has 1 aliphatic heterocycles. The maximum atomic E-state index is 13.4. The van der Waals surface area contributed by atoms with Crippen LogP contribution in [-0.2, 0) is 5.41 Å². The fourth-order valence-electron chi connectivity index (χ4n) is 4.95. The van der Waals surface area contributed by atoms with Crippen LogP contribution in [0, 0.1) is 11.7 Å². The minimum atomic E-state index is -0.207. The first-order valence-electron chi connectivity index (χ1n) is 11.5. The van der Waals surface area contributed by atoms with E-state index in [1.165, 1.54) is 6.42 Å². The number of halogens is 1. The zero-order valence-electron chi connectivity index (χ0n) is 18.9. The highest BCUT2D eigenvalue weighted by Crippen LogP contribution is 2.40. The zero-order valence-corrected chi connectivity index (χ0v) is 19.7. The maximum Gasteiger partial charge on any atom is 0.234 e. The number of anilines is 2. The summed E-state index contributed by atoms with van der Waals surface area (Å²) < 4.78 is 18.8. The molecule has 0 amide bonds. The van der Waals surface area contributed by atoms with Gasteiger partial charge in [0.2, 0.25) is 11.8 Å². The van der Waals surface area contributed by atoms with E-state index in [0.29, 0.717) is 29.4 Å². The molecule has 4 rings (SSSR count). The molecule has 0 unspecified atom stereocenters. The highest BCUT2D eigenvalue weighted by Gasteiger charge is 2.35. The fraction of sp³-hybridized carbons (Fsp3) is 0.542. The molecule has 1 saturated carbocycles. The van der Waals surface area contributed by atoms with E-state index in [9.17, 15) is 4.39 Å². The van der Waals surface area contributed by atoms with Crippen molar-refractivity contribution in [2.75, 3.05) is 37.0 Å². The zero-order chi connectivity index (χ0) is 22.6. The first-order chi connectivity index (χ1) is 15.5. The Morgan fingerprint density at radius 1 is 1.22 bits per heavy atom. The van der Waals surface area contributed by atoms with Crippen molar-refractivity contribution in [1.29, 1.82) is 0 Å². The quantitative estimate of drug-likeness (QED) is 0.612. The number of nitrogens with one attached hydrogen (secondary N) is 2. The lowest BCUT2D eigenvalue weighted by Gasteiger charge is -2.32. The number of ether oxygens (including phenoxy) is 1. The van der Waals surface area contributed by atoms with Gasteiger partial charge in [0.05, 0.1) is 7.11 Å². The molecule has 2 heterocycles. The van der Waals surface area contributed by atoms with Crippen molar-refractivity contribution in [2.45, 2.75) is 50.9 Å². The molecule has 1 aliphatic carbocycles. The van der Waals surface area contributed by atoms with Gasteiger partial charge in [-0.25, -0.2) is 4.39 Å². The van der Waals surface area contributed by atoms with E-state index in [-0.39, 0.29) is 11.2 Å². The Morgan fingerprint density at radius 3 is 2.66 bits per heavy atom. The standard InChI is InChI=1S/C24H32FN5OS/c1-17-6-5-13-30(15-17)20-14-21(31-2)28-22(27-20)29-23(32)26-16-24(11-3-4-12-24)18-7-9-19(25)10-8-18/h7-10,14,17H,3-6,11-13,15-16H2,1-2H3,(H2,26,27,28,29,32)/t17-/m1/s1. The minimum Gasteiger partial charge on any atom is -0.481 e. The molecule has 0 bridgehead atoms. The number of piperidine rings is 1. The van der Waals surface area contributed by atoms with Gasteiger partial charge in [-0.1, -0.05) is 31.9 Å². The first kappa shape index (κ1) is 22.7. The van der Waals surface area contributed by atoms with Crippen molar-refractivity contribution < 1.29 is 9.13 Å². The van der Waals surface area contributed by atoms with Crippen LogP contribution in [-0.4, -0.2) is 41.8 Å². The summed E-state index contributed by atoms with van der Waals surface area (Å²) in [5.41, 5.74) is 1.12. The van der Waals surface area contributed by atoms with E-state index in [4.69, 9.17) is 21.9 Å². The number of rotatable bonds is 6. The van der Waals surface area contributed by atoms with Crippen LogP contribution in [0.15, 0.2) is 30.3 Å². The van der Waals surface area contributed by atoms with Gasteiger partial charge in [-0.05, 0) is 61.5 Å². The summed E-state index contributed by atoms with van der Waals surface area (Å²) in [6, 6.07) is 8.76. The average Bonchev–Trinajstić information content (AvgIpc) is 3.28. The second kappa shape index (κ2) is 9.98. The monoisotopic (exact) mass is 457 g/mol. The van der Waals surface area contributed by atoms with Gasteiger partial charge in [0.15, 0.2) is 5.11 Å². The second-order valence-corrected chi connectivity index (χ2v) is 9.50. The molecule has 1 saturated heterocycles. The molecule has 32 heavy (non-hydrogen) atoms. The molecule has 0 spiro atoms. The number of thiocarbonyl (C=S) groups is 1. The second-order valence-electron chi connectivity index (χ2n) is 9.09. The van der Waals surface area contributed by atoms with Crippen LogP contribution < -0.4 is 20.3 Å². The van der Waals surface area contributed by atoms with E-state index >= 15 is 0 Å². The highest BCUT2D eigenvalue weighted by molar-refractivity contribution is 7.80. The van der Waals surface area contributed by atoms with Crippen LogP contribution >= 0.6 is 12.2 Å². The maximum absolute atomic E-state index is 13.4. The summed E-state index contributed by atoms with van der Waals surface area (Å²) in [7, 11) is 1.61. The molecule has 2 fully saturated rings. The molecule has 2 aliphatic rings. The molecule has 1 atom stereocenters. The summed E-state index contributed by atoms with van der Waals surface area (Å²) in [5.74, 6) is 2.22. The first-order valence-corrected chi connectivity index (χ1v) is 11.9. The van der Waals surface area contributed by atoms with E-state index in [1.54, 1.807) is 19.2 Å². The summed E-state index contributed by atoms with van der Waals surface area (Å²) in [6.07, 6.45) is 6.84. The lowest BCUT2D eigenvalue weighted by molar-refractivity contribution is 0.396. The van der Waals surface area contributed by atoms with Crippen LogP contribution in [0.5, 0.6) is 5.88 Å². The van der Waals surface area contributed by atoms with E-state index in [0.717, 1.165) is 56.6 Å². The normalized spacial score (nSPS) is 20.1. The molecular formula is C24H32FN5OS. The number of methoxy groups -OCH3 is 1. The Hall–Kier alpha value is -2.48. The number of aromatic nitrogens is 2. The molecule has 0 radical (unpaired) electrons. The highest BCUT2D eigenvalue weighted by atomic mass is 32.1. The van der Waals surface area contributed by atoms with Gasteiger partial charge in [0.25, 0.3) is 0 Å². The van der Waals surface area contributed by atoms with Gasteiger partial charge in [-0.2, -0.15) is 9.97 Å². The lowest BCUT2D eigenvalue weighted by Crippen LogP contribution is -2.41. The van der Waals surface area contributed by atoms with Crippen molar-refractivity contribution in [1.82, 2.24) is 15.3 Å². The van der Waals surface area contributed by atoms with Crippen LogP contribution in [0.1, 0.15) is 51.0 Å². The van der Waals surface area contributed by atoms with E-state index < -0.39 is 0 Å². The number of benzene rings is 1. The third-order valence-corrected chi connectivity index (χ3v) is 6.96. The summed E-state index contributed by atoms with van der Waals surface area (Å²) in [6.45, 7) is 4.91. The Balaban J connectivity index is 1.44. The molecular weight excluding hydrogens is 425 g/mol. The van der Waals surface area contributed by atoms with Crippen molar-refractivity contribution in [3.63, 3.8) is 0 Å². The van der Waals surface area contributed by atoms with Crippen LogP contribution in [0.4, 0.5) is 16.2 Å². The van der Waals surface area contributed by atoms with Gasteiger partial charge in [-0.15, -0.1) is 0 Å². The molecule has 1 aromatic carbocycles. The molecule has 1 aromatic heterocycles. The summed E-state index contributed by atoms with van der Waals surface area (Å²) in [5, 5.41) is 6.98. The Bertz CT molecular complexity index is 932. The predicted molar refractivity (Wildman–Crippen MR) is 130 cm³/mol. The van der Waals surface area contributed by atoms with E-state index in [1.807, 2.05) is 18.2 Å². The molecule has 2 aromatic rings. The summed E-state index contributed by atoms with van der Waals surface area (Å²) >= 11 is 5.57. The van der Waals surface area contributed by atoms with Crippen molar-refractivity contribution in [3.05, 3.63) is 41.7 Å². The Kier molecular flexibility index (Phi) is 7.08. The van der Waals surface area contributed by atoms with E-state index in [2.05, 4.69) is 27.4 Å². The fourth-order valence-corrected chi connectivity index (χ4v) is 5.11. The molecule has 172 valence electrons. The van der Waals surface area contributed by atoms with Crippen molar-refractivity contribution >= 4 is 29.1 Å². The van der Waals surface area contributed by atoms with Gasteiger partial charge in [0.1, 0.15) is 11.6 Å². The third kappa shape index (κ3) is 5.28. The van der Waals surface area contributed by atoms with Crippen molar-refractivity contribution in [3.8, 4) is 5.88 Å². The third-order valence-electron chi connectivity index (χ3n) is 6.71. The number of hydrogen-bond acceptors (Lipinski definition) is 5. The van der Waals surface area contributed by atoms with Gasteiger partial charge in [0, 0.05) is 31.1 Å². The smallest absolute Gasteiger partial charge is 0.234 e. The molecule has 8 heteroatoms. The van der Waals surface area contributed by atoms with Gasteiger partial charge in [-0.3, -0.25) is 0 Å². The Morgan fingerprint density at radius 2 is 1.97 bits per heavy atom.